The van der Waals surface area contributed by atoms with Gasteiger partial charge in [0.05, 0.1) is 6.26 Å². The topological polar surface area (TPSA) is 97.9 Å². The van der Waals surface area contributed by atoms with Crippen LogP contribution in [0.3, 0.4) is 0 Å². The van der Waals surface area contributed by atoms with E-state index in [0.717, 1.165) is 5.56 Å². The number of aromatic nitrogens is 4. The second-order valence-corrected chi connectivity index (χ2v) is 5.81. The fourth-order valence-corrected chi connectivity index (χ4v) is 2.62. The lowest BCUT2D eigenvalue weighted by Gasteiger charge is -2.07. The van der Waals surface area contributed by atoms with Crippen LogP contribution in [0.4, 0.5) is 16.3 Å². The molecular weight excluding hydrogens is 332 g/mol. The molecular formula is C18H16N6O2. The molecule has 3 aromatic heterocycles. The van der Waals surface area contributed by atoms with E-state index in [1.807, 2.05) is 44.3 Å². The number of carbonyl (C=O) groups excluding carboxylic acids is 1. The summed E-state index contributed by atoms with van der Waals surface area (Å²) in [7, 11) is 1.83. The average Bonchev–Trinajstić information content (AvgIpc) is 3.26. The zero-order chi connectivity index (χ0) is 18.1. The minimum Gasteiger partial charge on any atom is -0.461 e. The number of rotatable bonds is 3. The Balaban J connectivity index is 1.63. The van der Waals surface area contributed by atoms with Crippen LogP contribution in [0.15, 0.2) is 53.4 Å². The number of furan rings is 1. The Morgan fingerprint density at radius 1 is 1.12 bits per heavy atom. The van der Waals surface area contributed by atoms with Gasteiger partial charge in [-0.25, -0.2) is 19.7 Å². The van der Waals surface area contributed by atoms with E-state index in [1.165, 1.54) is 6.33 Å². The molecule has 0 spiro atoms. The number of aryl methyl sites for hydroxylation is 2. The quantitative estimate of drug-likeness (QED) is 0.590. The maximum Gasteiger partial charge on any atom is 0.324 e. The first-order valence-electron chi connectivity index (χ1n) is 7.98. The second-order valence-electron chi connectivity index (χ2n) is 5.81. The number of nitrogens with zero attached hydrogens (tertiary/aromatic N) is 4. The van der Waals surface area contributed by atoms with E-state index in [1.54, 1.807) is 16.9 Å². The molecule has 4 rings (SSSR count). The van der Waals surface area contributed by atoms with Gasteiger partial charge in [0.15, 0.2) is 28.6 Å². The molecule has 0 radical (unpaired) electrons. The van der Waals surface area contributed by atoms with Crippen molar-refractivity contribution in [3.05, 3.63) is 54.6 Å². The van der Waals surface area contributed by atoms with Crippen LogP contribution < -0.4 is 10.6 Å². The summed E-state index contributed by atoms with van der Waals surface area (Å²) in [6.07, 6.45) is 2.96. The number of hydrogen-bond acceptors (Lipinski definition) is 5. The molecule has 0 saturated heterocycles. The predicted octanol–water partition coefficient (Wildman–Crippen LogP) is 3.58. The highest BCUT2D eigenvalue weighted by Crippen LogP contribution is 2.26. The van der Waals surface area contributed by atoms with E-state index < -0.39 is 6.03 Å². The van der Waals surface area contributed by atoms with E-state index in [-0.39, 0.29) is 0 Å². The van der Waals surface area contributed by atoms with Crippen molar-refractivity contribution in [3.63, 3.8) is 0 Å². The van der Waals surface area contributed by atoms with Gasteiger partial charge in [0.1, 0.15) is 6.33 Å². The Morgan fingerprint density at radius 2 is 1.92 bits per heavy atom. The molecule has 8 nitrogen and oxygen atoms in total. The van der Waals surface area contributed by atoms with Gasteiger partial charge in [0, 0.05) is 12.7 Å². The van der Waals surface area contributed by atoms with Gasteiger partial charge in [-0.05, 0) is 31.2 Å². The first-order valence-corrected chi connectivity index (χ1v) is 7.98. The fourth-order valence-electron chi connectivity index (χ4n) is 2.62. The molecule has 0 aliphatic carbocycles. The monoisotopic (exact) mass is 348 g/mol. The zero-order valence-corrected chi connectivity index (χ0v) is 14.2. The number of benzene rings is 1. The fraction of sp³-hybridized carbons (Fsp3) is 0.111. The van der Waals surface area contributed by atoms with Gasteiger partial charge in [-0.3, -0.25) is 5.32 Å². The Kier molecular flexibility index (Phi) is 3.85. The van der Waals surface area contributed by atoms with Gasteiger partial charge < -0.3 is 14.3 Å². The van der Waals surface area contributed by atoms with Crippen LogP contribution in [0.25, 0.3) is 22.7 Å². The van der Waals surface area contributed by atoms with Gasteiger partial charge >= 0.3 is 6.03 Å². The van der Waals surface area contributed by atoms with Crippen LogP contribution in [-0.2, 0) is 7.05 Å². The number of hydrogen-bond donors (Lipinski definition) is 2. The molecule has 2 N–H and O–H groups in total. The van der Waals surface area contributed by atoms with Crippen molar-refractivity contribution in [1.29, 1.82) is 0 Å². The molecule has 4 aromatic rings. The number of amides is 2. The normalized spacial score (nSPS) is 10.8. The van der Waals surface area contributed by atoms with Crippen molar-refractivity contribution in [2.75, 3.05) is 10.6 Å². The van der Waals surface area contributed by atoms with Crippen molar-refractivity contribution in [1.82, 2.24) is 19.5 Å². The maximum atomic E-state index is 12.3. The molecule has 0 saturated carbocycles. The summed E-state index contributed by atoms with van der Waals surface area (Å²) in [4.78, 5) is 25.2. The van der Waals surface area contributed by atoms with Gasteiger partial charge in [0.25, 0.3) is 0 Å². The van der Waals surface area contributed by atoms with Gasteiger partial charge in [-0.15, -0.1) is 0 Å². The smallest absolute Gasteiger partial charge is 0.324 e. The minimum atomic E-state index is -0.404. The van der Waals surface area contributed by atoms with Gasteiger partial charge in [-0.2, -0.15) is 0 Å². The Labute approximate surface area is 148 Å². The Morgan fingerprint density at radius 3 is 2.65 bits per heavy atom. The molecule has 0 fully saturated rings. The van der Waals surface area contributed by atoms with Crippen LogP contribution in [0, 0.1) is 6.92 Å². The maximum absolute atomic E-state index is 12.3. The number of fused-ring (bicyclic) bond motifs is 1. The first kappa shape index (κ1) is 15.8. The number of nitrogens with one attached hydrogen (secondary N) is 2. The van der Waals surface area contributed by atoms with Crippen molar-refractivity contribution < 1.29 is 9.21 Å². The average molecular weight is 348 g/mol. The SMILES string of the molecule is Cc1ccc(NC(=O)Nc2ncnc3c2nc(-c2ccco2)n3C)cc1. The molecule has 1 aromatic carbocycles. The molecule has 2 amide bonds. The van der Waals surface area contributed by atoms with E-state index in [2.05, 4.69) is 25.6 Å². The number of urea groups is 1. The zero-order valence-electron chi connectivity index (χ0n) is 14.2. The lowest BCUT2D eigenvalue weighted by molar-refractivity contribution is 0.262. The molecule has 0 bridgehead atoms. The molecule has 0 unspecified atom stereocenters. The summed E-state index contributed by atoms with van der Waals surface area (Å²) in [5.74, 6) is 1.54. The molecule has 3 heterocycles. The van der Waals surface area contributed by atoms with Crippen molar-refractivity contribution in [2.45, 2.75) is 6.92 Å². The lowest BCUT2D eigenvalue weighted by Crippen LogP contribution is -2.20. The Hall–Kier alpha value is -3.68. The van der Waals surface area contributed by atoms with Crippen LogP contribution >= 0.6 is 0 Å². The highest BCUT2D eigenvalue weighted by atomic mass is 16.3. The van der Waals surface area contributed by atoms with Crippen molar-refractivity contribution >= 4 is 28.7 Å². The summed E-state index contributed by atoms with van der Waals surface area (Å²) in [5.41, 5.74) is 2.89. The summed E-state index contributed by atoms with van der Waals surface area (Å²) >= 11 is 0. The largest absolute Gasteiger partial charge is 0.461 e. The molecule has 0 aliphatic rings. The predicted molar refractivity (Wildman–Crippen MR) is 97.8 cm³/mol. The summed E-state index contributed by atoms with van der Waals surface area (Å²) in [5, 5.41) is 5.49. The lowest BCUT2D eigenvalue weighted by atomic mass is 10.2. The van der Waals surface area contributed by atoms with E-state index in [9.17, 15) is 4.79 Å². The van der Waals surface area contributed by atoms with Crippen LogP contribution in [-0.4, -0.2) is 25.6 Å². The third-order valence-corrected chi connectivity index (χ3v) is 3.94. The standard InChI is InChI=1S/C18H16N6O2/c1-11-5-7-12(8-6-11)21-18(25)23-15-14-17(20-10-19-15)24(2)16(22-14)13-4-3-9-26-13/h3-10H,1-2H3,(H2,19,20,21,23,25). The second kappa shape index (κ2) is 6.32. The molecule has 0 aliphatic heterocycles. The molecule has 8 heteroatoms. The highest BCUT2D eigenvalue weighted by molar-refractivity contribution is 6.03. The van der Waals surface area contributed by atoms with Crippen LogP contribution in [0.2, 0.25) is 0 Å². The summed E-state index contributed by atoms with van der Waals surface area (Å²) < 4.78 is 7.20. The van der Waals surface area contributed by atoms with Crippen molar-refractivity contribution in [2.24, 2.45) is 7.05 Å². The van der Waals surface area contributed by atoms with Gasteiger partial charge in [-0.1, -0.05) is 17.7 Å². The highest BCUT2D eigenvalue weighted by Gasteiger charge is 2.17. The minimum absolute atomic E-state index is 0.327. The third kappa shape index (κ3) is 2.88. The summed E-state index contributed by atoms with van der Waals surface area (Å²) in [6.45, 7) is 1.99. The first-order chi connectivity index (χ1) is 12.6. The number of anilines is 2. The molecule has 130 valence electrons. The number of imidazole rings is 1. The van der Waals surface area contributed by atoms with Crippen LogP contribution in [0.1, 0.15) is 5.56 Å². The van der Waals surface area contributed by atoms with Crippen molar-refractivity contribution in [3.8, 4) is 11.6 Å². The number of carbonyl (C=O) groups is 1. The van der Waals surface area contributed by atoms with E-state index >= 15 is 0 Å². The molecule has 0 atom stereocenters. The van der Waals surface area contributed by atoms with Crippen LogP contribution in [0.5, 0.6) is 0 Å². The molecule has 26 heavy (non-hydrogen) atoms. The Bertz CT molecular complexity index is 1070. The summed E-state index contributed by atoms with van der Waals surface area (Å²) in [6, 6.07) is 10.7. The third-order valence-electron chi connectivity index (χ3n) is 3.94. The van der Waals surface area contributed by atoms with E-state index in [0.29, 0.717) is 34.3 Å². The van der Waals surface area contributed by atoms with Gasteiger partial charge in [0.2, 0.25) is 0 Å². The van der Waals surface area contributed by atoms with E-state index in [4.69, 9.17) is 4.42 Å².